The smallest absolute Gasteiger partial charge is 0.191 e. The summed E-state index contributed by atoms with van der Waals surface area (Å²) in [6.07, 6.45) is 9.81. The number of hydrogen-bond donors (Lipinski definition) is 2. The van der Waals surface area contributed by atoms with Gasteiger partial charge in [0.05, 0.1) is 6.10 Å². The van der Waals surface area contributed by atoms with E-state index in [-0.39, 0.29) is 24.0 Å². The van der Waals surface area contributed by atoms with Crippen LogP contribution in [-0.2, 0) is 11.3 Å². The summed E-state index contributed by atoms with van der Waals surface area (Å²) in [7, 11) is 5.79. The van der Waals surface area contributed by atoms with Crippen LogP contribution in [0, 0.1) is 0 Å². The summed E-state index contributed by atoms with van der Waals surface area (Å²) >= 11 is 0. The van der Waals surface area contributed by atoms with Crippen molar-refractivity contribution in [1.29, 1.82) is 0 Å². The van der Waals surface area contributed by atoms with E-state index >= 15 is 0 Å². The molecular formula is C19H34IN5O. The second kappa shape index (κ2) is 13.1. The average Bonchev–Trinajstić information content (AvgIpc) is 2.65. The van der Waals surface area contributed by atoms with Crippen molar-refractivity contribution >= 4 is 35.8 Å². The summed E-state index contributed by atoms with van der Waals surface area (Å²) in [6.45, 7) is 2.42. The van der Waals surface area contributed by atoms with Crippen LogP contribution in [0.3, 0.4) is 0 Å². The monoisotopic (exact) mass is 475 g/mol. The fourth-order valence-electron chi connectivity index (χ4n) is 2.98. The van der Waals surface area contributed by atoms with Gasteiger partial charge >= 0.3 is 0 Å². The molecule has 1 saturated carbocycles. The van der Waals surface area contributed by atoms with Gasteiger partial charge in [-0.1, -0.05) is 19.3 Å². The SMILES string of the molecule is CN=C(NCCCOC1CCCCC1)NCc1ccnc(N(C)C)c1.I. The molecule has 1 aliphatic rings. The van der Waals surface area contributed by atoms with Crippen LogP contribution >= 0.6 is 24.0 Å². The molecule has 1 aliphatic carbocycles. The molecular weight excluding hydrogens is 441 g/mol. The topological polar surface area (TPSA) is 61.8 Å². The zero-order valence-corrected chi connectivity index (χ0v) is 18.7. The highest BCUT2D eigenvalue weighted by atomic mass is 127. The predicted octanol–water partition coefficient (Wildman–Crippen LogP) is 3.17. The van der Waals surface area contributed by atoms with E-state index in [1.807, 2.05) is 31.3 Å². The molecule has 2 N–H and O–H groups in total. The van der Waals surface area contributed by atoms with Crippen molar-refractivity contribution in [3.05, 3.63) is 23.9 Å². The van der Waals surface area contributed by atoms with Crippen LogP contribution in [0.2, 0.25) is 0 Å². The Kier molecular flexibility index (Phi) is 11.6. The van der Waals surface area contributed by atoms with Gasteiger partial charge in [0.2, 0.25) is 0 Å². The Morgan fingerprint density at radius 1 is 1.27 bits per heavy atom. The number of ether oxygens (including phenoxy) is 1. The van der Waals surface area contributed by atoms with Crippen LogP contribution in [0.15, 0.2) is 23.3 Å². The Balaban J connectivity index is 0.00000338. The van der Waals surface area contributed by atoms with Gasteiger partial charge < -0.3 is 20.3 Å². The molecule has 0 aromatic carbocycles. The molecule has 0 atom stereocenters. The molecule has 1 heterocycles. The number of guanidine groups is 1. The third kappa shape index (κ3) is 8.53. The fourth-order valence-corrected chi connectivity index (χ4v) is 2.98. The number of anilines is 1. The summed E-state index contributed by atoms with van der Waals surface area (Å²) in [4.78, 5) is 10.6. The Morgan fingerprint density at radius 3 is 2.73 bits per heavy atom. The lowest BCUT2D eigenvalue weighted by Crippen LogP contribution is -2.37. The molecule has 0 radical (unpaired) electrons. The van der Waals surface area contributed by atoms with Gasteiger partial charge in [-0.25, -0.2) is 4.98 Å². The first kappa shape index (κ1) is 23.0. The van der Waals surface area contributed by atoms with Crippen LogP contribution in [0.4, 0.5) is 5.82 Å². The number of aromatic nitrogens is 1. The lowest BCUT2D eigenvalue weighted by Gasteiger charge is -2.22. The summed E-state index contributed by atoms with van der Waals surface area (Å²) in [5.41, 5.74) is 1.18. The molecule has 26 heavy (non-hydrogen) atoms. The number of nitrogens with zero attached hydrogens (tertiary/aromatic N) is 3. The van der Waals surface area contributed by atoms with Gasteiger partial charge in [0.15, 0.2) is 5.96 Å². The van der Waals surface area contributed by atoms with Gasteiger partial charge in [0.25, 0.3) is 0 Å². The number of aliphatic imine (C=N–C) groups is 1. The van der Waals surface area contributed by atoms with Gasteiger partial charge in [-0.15, -0.1) is 24.0 Å². The third-order valence-corrected chi connectivity index (χ3v) is 4.47. The van der Waals surface area contributed by atoms with Gasteiger partial charge in [0, 0.05) is 47.0 Å². The first-order valence-corrected chi connectivity index (χ1v) is 9.37. The molecule has 1 aromatic rings. The van der Waals surface area contributed by atoms with Crippen molar-refractivity contribution in [3.63, 3.8) is 0 Å². The number of pyridine rings is 1. The zero-order chi connectivity index (χ0) is 17.9. The second-order valence-corrected chi connectivity index (χ2v) is 6.75. The molecule has 1 aromatic heterocycles. The predicted molar refractivity (Wildman–Crippen MR) is 120 cm³/mol. The Bertz CT molecular complexity index is 532. The first-order valence-electron chi connectivity index (χ1n) is 9.37. The maximum atomic E-state index is 5.95. The Labute approximate surface area is 175 Å². The van der Waals surface area contributed by atoms with E-state index in [9.17, 15) is 0 Å². The zero-order valence-electron chi connectivity index (χ0n) is 16.3. The van der Waals surface area contributed by atoms with Crippen LogP contribution in [-0.4, -0.2) is 51.3 Å². The van der Waals surface area contributed by atoms with Crippen molar-refractivity contribution in [2.75, 3.05) is 39.2 Å². The van der Waals surface area contributed by atoms with Crippen LogP contribution in [0.5, 0.6) is 0 Å². The van der Waals surface area contributed by atoms with Gasteiger partial charge in [-0.3, -0.25) is 4.99 Å². The van der Waals surface area contributed by atoms with Gasteiger partial charge in [-0.2, -0.15) is 0 Å². The van der Waals surface area contributed by atoms with E-state index < -0.39 is 0 Å². The molecule has 0 spiro atoms. The molecule has 7 heteroatoms. The van der Waals surface area contributed by atoms with Gasteiger partial charge in [-0.05, 0) is 37.0 Å². The number of hydrogen-bond acceptors (Lipinski definition) is 4. The molecule has 6 nitrogen and oxygen atoms in total. The molecule has 0 bridgehead atoms. The lowest BCUT2D eigenvalue weighted by atomic mass is 9.98. The highest BCUT2D eigenvalue weighted by Gasteiger charge is 2.12. The van der Waals surface area contributed by atoms with Crippen molar-refractivity contribution in [2.45, 2.75) is 51.2 Å². The van der Waals surface area contributed by atoms with E-state index in [1.54, 1.807) is 7.05 Å². The molecule has 148 valence electrons. The number of rotatable bonds is 8. The largest absolute Gasteiger partial charge is 0.378 e. The highest BCUT2D eigenvalue weighted by Crippen LogP contribution is 2.20. The number of nitrogens with one attached hydrogen (secondary N) is 2. The first-order chi connectivity index (χ1) is 12.2. The number of halogens is 1. The Morgan fingerprint density at radius 2 is 2.04 bits per heavy atom. The van der Waals surface area contributed by atoms with Crippen molar-refractivity contribution in [1.82, 2.24) is 15.6 Å². The van der Waals surface area contributed by atoms with Crippen molar-refractivity contribution < 1.29 is 4.74 Å². The second-order valence-electron chi connectivity index (χ2n) is 6.75. The van der Waals surface area contributed by atoms with Crippen molar-refractivity contribution in [2.24, 2.45) is 4.99 Å². The maximum Gasteiger partial charge on any atom is 0.191 e. The average molecular weight is 475 g/mol. The normalized spacial score (nSPS) is 15.3. The summed E-state index contributed by atoms with van der Waals surface area (Å²) in [5.74, 6) is 1.78. The van der Waals surface area contributed by atoms with E-state index in [1.165, 1.54) is 37.7 Å². The fraction of sp³-hybridized carbons (Fsp3) is 0.684. The van der Waals surface area contributed by atoms with Crippen molar-refractivity contribution in [3.8, 4) is 0 Å². The minimum atomic E-state index is 0. The molecule has 0 unspecified atom stereocenters. The standard InChI is InChI=1S/C19H33N5O.HI/c1-20-19(22-11-7-13-25-17-8-5-4-6-9-17)23-15-16-10-12-21-18(14-16)24(2)3;/h10,12,14,17H,4-9,11,13,15H2,1-3H3,(H2,20,22,23);1H. The summed E-state index contributed by atoms with van der Waals surface area (Å²) in [6, 6.07) is 4.10. The molecule has 0 aliphatic heterocycles. The molecule has 1 fully saturated rings. The Hall–Kier alpha value is -1.09. The van der Waals surface area contributed by atoms with Crippen LogP contribution < -0.4 is 15.5 Å². The summed E-state index contributed by atoms with van der Waals surface area (Å²) < 4.78 is 5.95. The minimum Gasteiger partial charge on any atom is -0.378 e. The van der Waals surface area contributed by atoms with Crippen LogP contribution in [0.25, 0.3) is 0 Å². The van der Waals surface area contributed by atoms with E-state index in [4.69, 9.17) is 4.74 Å². The van der Waals surface area contributed by atoms with Crippen LogP contribution in [0.1, 0.15) is 44.1 Å². The summed E-state index contributed by atoms with van der Waals surface area (Å²) in [5, 5.41) is 6.69. The minimum absolute atomic E-state index is 0. The third-order valence-electron chi connectivity index (χ3n) is 4.47. The van der Waals surface area contributed by atoms with Gasteiger partial charge in [0.1, 0.15) is 5.82 Å². The molecule has 2 rings (SSSR count). The highest BCUT2D eigenvalue weighted by molar-refractivity contribution is 14.0. The molecule has 0 saturated heterocycles. The van der Waals surface area contributed by atoms with E-state index in [0.29, 0.717) is 6.10 Å². The quantitative estimate of drug-likeness (QED) is 0.262. The molecule has 0 amide bonds. The van der Waals surface area contributed by atoms with E-state index in [0.717, 1.165) is 37.9 Å². The van der Waals surface area contributed by atoms with E-state index in [2.05, 4.69) is 26.7 Å². The lowest BCUT2D eigenvalue weighted by molar-refractivity contribution is 0.0277. The maximum absolute atomic E-state index is 5.95.